The fourth-order valence-corrected chi connectivity index (χ4v) is 10.7. The van der Waals surface area contributed by atoms with Crippen LogP contribution in [-0.2, 0) is 30.4 Å². The summed E-state index contributed by atoms with van der Waals surface area (Å²) in [6, 6.07) is 17.3. The quantitative estimate of drug-likeness (QED) is 0.150. The van der Waals surface area contributed by atoms with Crippen LogP contribution in [0.15, 0.2) is 66.7 Å². The van der Waals surface area contributed by atoms with Crippen LogP contribution in [0.25, 0.3) is 0 Å². The smallest absolute Gasteiger partial charge is 0.411 e. The summed E-state index contributed by atoms with van der Waals surface area (Å²) in [6.45, 7) is 11.4. The molecule has 3 aromatic carbocycles. The van der Waals surface area contributed by atoms with E-state index in [0.29, 0.717) is 55.6 Å². The molecule has 4 amide bonds. The van der Waals surface area contributed by atoms with Crippen molar-refractivity contribution < 1.29 is 42.2 Å². The number of methoxy groups -OCH3 is 1. The van der Waals surface area contributed by atoms with Crippen LogP contribution in [0.1, 0.15) is 117 Å². The molecule has 3 atom stereocenters. The number of nitrogens with zero attached hydrogens (tertiary/aromatic N) is 5. The third-order valence-corrected chi connectivity index (χ3v) is 14.8. The van der Waals surface area contributed by atoms with Gasteiger partial charge in [0.25, 0.3) is 5.91 Å². The molecule has 3 aliphatic heterocycles. The van der Waals surface area contributed by atoms with E-state index in [0.717, 1.165) is 112 Å². The van der Waals surface area contributed by atoms with Gasteiger partial charge >= 0.3 is 12.1 Å². The summed E-state index contributed by atoms with van der Waals surface area (Å²) < 4.78 is 39.1. The molecule has 1 saturated carbocycles. The molecule has 3 heterocycles. The molecule has 3 aromatic rings. The standard InChI is InChI=1S/C54H71ClF2N6O7/c1-54(2,3)70-53(68)63(34-43-17-20-45(56)31-47(43)57)36-48(64)62-23-9-14-42(33-62)40-12-8-13-41(30-40)50(65)58-49(39-10-6-5-7-11-39)51(66)61-28-26-60(27-29-61)32-37-21-24-59(25-22-37)35-46(52(67)69-4)38-15-18-44(55)19-16-38/h8,12-13,15-20,30-31,37,39,42,46,49H,5-7,9-11,14,21-29,32-36H2,1-4H3,(H,58,65)/t42?,46?,49-/m1/s1. The molecular formula is C54H71ClF2N6O7. The van der Waals surface area contributed by atoms with Gasteiger partial charge in [0.05, 0.1) is 19.6 Å². The molecule has 380 valence electrons. The maximum absolute atomic E-state index is 14.7. The van der Waals surface area contributed by atoms with Crippen molar-refractivity contribution in [3.05, 3.63) is 106 Å². The first kappa shape index (κ1) is 52.7. The average Bonchev–Trinajstić information content (AvgIpc) is 3.35. The lowest BCUT2D eigenvalue weighted by atomic mass is 9.83. The monoisotopic (exact) mass is 989 g/mol. The second kappa shape index (κ2) is 24.3. The number of amides is 4. The fourth-order valence-electron chi connectivity index (χ4n) is 10.6. The first-order chi connectivity index (χ1) is 33.5. The van der Waals surface area contributed by atoms with Crippen LogP contribution in [0, 0.1) is 23.5 Å². The van der Waals surface area contributed by atoms with E-state index in [9.17, 15) is 32.8 Å². The third-order valence-electron chi connectivity index (χ3n) is 14.5. The topological polar surface area (TPSA) is 132 Å². The van der Waals surface area contributed by atoms with Gasteiger partial charge in [0.1, 0.15) is 29.8 Å². The Balaban J connectivity index is 0.926. The van der Waals surface area contributed by atoms with Crippen molar-refractivity contribution in [2.24, 2.45) is 11.8 Å². The Labute approximate surface area is 417 Å². The lowest BCUT2D eigenvalue weighted by molar-refractivity contribution is -0.143. The van der Waals surface area contributed by atoms with Crippen LogP contribution in [0.3, 0.4) is 0 Å². The van der Waals surface area contributed by atoms with Gasteiger partial charge in [0, 0.05) is 80.5 Å². The first-order valence-electron chi connectivity index (χ1n) is 25.2. The van der Waals surface area contributed by atoms with Gasteiger partial charge in [0.2, 0.25) is 11.8 Å². The Bertz CT molecular complexity index is 2270. The van der Waals surface area contributed by atoms with E-state index in [1.807, 2.05) is 35.2 Å². The third kappa shape index (κ3) is 14.5. The number of piperazine rings is 1. The van der Waals surface area contributed by atoms with Crippen LogP contribution in [0.5, 0.6) is 0 Å². The number of likely N-dealkylation sites (tertiary alicyclic amines) is 2. The highest BCUT2D eigenvalue weighted by Crippen LogP contribution is 2.31. The van der Waals surface area contributed by atoms with Gasteiger partial charge in [0.15, 0.2) is 0 Å². The molecule has 2 unspecified atom stereocenters. The summed E-state index contributed by atoms with van der Waals surface area (Å²) >= 11 is 6.11. The molecule has 13 nitrogen and oxygen atoms in total. The molecule has 0 radical (unpaired) electrons. The van der Waals surface area contributed by atoms with Crippen molar-refractivity contribution in [3.63, 3.8) is 0 Å². The lowest BCUT2D eigenvalue weighted by Crippen LogP contribution is -2.57. The molecule has 4 fully saturated rings. The normalized spacial score (nSPS) is 19.8. The Hall–Kier alpha value is -5.12. The molecular weight excluding hydrogens is 918 g/mol. The number of carbonyl (C=O) groups is 5. The predicted molar refractivity (Wildman–Crippen MR) is 264 cm³/mol. The SMILES string of the molecule is COC(=O)C(CN1CCC(CN2CCN(C(=O)[C@H](NC(=O)c3cccc(C4CCCN(C(=O)CN(Cc5ccc(F)cc5F)C(=O)OC(C)(C)C)C4)c3)C3CCCCC3)CC2)CC1)c1ccc(Cl)cc1. The van der Waals surface area contributed by atoms with Crippen molar-refractivity contribution >= 4 is 41.4 Å². The summed E-state index contributed by atoms with van der Waals surface area (Å²) in [7, 11) is 1.43. The predicted octanol–water partition coefficient (Wildman–Crippen LogP) is 8.25. The van der Waals surface area contributed by atoms with Gasteiger partial charge in [-0.15, -0.1) is 0 Å². The van der Waals surface area contributed by atoms with E-state index in [1.54, 1.807) is 43.9 Å². The van der Waals surface area contributed by atoms with Crippen molar-refractivity contribution in [2.75, 3.05) is 79.1 Å². The van der Waals surface area contributed by atoms with Crippen LogP contribution in [0.2, 0.25) is 5.02 Å². The zero-order valence-corrected chi connectivity index (χ0v) is 42.1. The highest BCUT2D eigenvalue weighted by molar-refractivity contribution is 6.30. The van der Waals surface area contributed by atoms with Gasteiger partial charge in [-0.3, -0.25) is 29.0 Å². The van der Waals surface area contributed by atoms with Crippen molar-refractivity contribution in [1.29, 1.82) is 0 Å². The van der Waals surface area contributed by atoms with Gasteiger partial charge in [-0.1, -0.05) is 61.2 Å². The number of nitrogens with one attached hydrogen (secondary N) is 1. The Kier molecular flexibility index (Phi) is 18.3. The Morgan fingerprint density at radius 1 is 0.800 bits per heavy atom. The van der Waals surface area contributed by atoms with E-state index >= 15 is 0 Å². The summed E-state index contributed by atoms with van der Waals surface area (Å²) in [4.78, 5) is 78.1. The Morgan fingerprint density at radius 2 is 1.51 bits per heavy atom. The van der Waals surface area contributed by atoms with E-state index in [2.05, 4.69) is 15.1 Å². The highest BCUT2D eigenvalue weighted by atomic mass is 35.5. The second-order valence-electron chi connectivity index (χ2n) is 20.7. The van der Waals surface area contributed by atoms with Crippen LogP contribution >= 0.6 is 11.6 Å². The summed E-state index contributed by atoms with van der Waals surface area (Å²) in [5.41, 5.74) is 1.44. The number of hydrogen-bond donors (Lipinski definition) is 1. The molecule has 7 rings (SSSR count). The minimum atomic E-state index is -0.866. The number of carbonyl (C=O) groups excluding carboxylic acids is 5. The van der Waals surface area contributed by atoms with Gasteiger partial charge in [-0.05, 0) is 126 Å². The minimum Gasteiger partial charge on any atom is -0.469 e. The summed E-state index contributed by atoms with van der Waals surface area (Å²) in [5, 5.41) is 3.83. The highest BCUT2D eigenvalue weighted by Gasteiger charge is 2.37. The lowest BCUT2D eigenvalue weighted by Gasteiger charge is -2.41. The van der Waals surface area contributed by atoms with Crippen LogP contribution in [-0.4, -0.2) is 145 Å². The zero-order chi connectivity index (χ0) is 50.0. The molecule has 0 aromatic heterocycles. The van der Waals surface area contributed by atoms with Gasteiger partial charge in [-0.2, -0.15) is 0 Å². The van der Waals surface area contributed by atoms with E-state index in [1.165, 1.54) is 13.2 Å². The van der Waals surface area contributed by atoms with Crippen LogP contribution in [0.4, 0.5) is 13.6 Å². The average molecular weight is 990 g/mol. The van der Waals surface area contributed by atoms with Crippen molar-refractivity contribution in [1.82, 2.24) is 29.8 Å². The molecule has 4 aliphatic rings. The number of rotatable bonds is 15. The van der Waals surface area contributed by atoms with Gasteiger partial charge < -0.3 is 29.5 Å². The largest absolute Gasteiger partial charge is 0.469 e. The molecule has 16 heteroatoms. The summed E-state index contributed by atoms with van der Waals surface area (Å²) in [5.74, 6) is -2.36. The molecule has 70 heavy (non-hydrogen) atoms. The number of ether oxygens (including phenoxy) is 2. The minimum absolute atomic E-state index is 0.0192. The number of esters is 1. The number of halogens is 3. The number of piperidine rings is 2. The molecule has 1 aliphatic carbocycles. The molecule has 3 saturated heterocycles. The first-order valence-corrected chi connectivity index (χ1v) is 25.6. The Morgan fingerprint density at radius 3 is 2.19 bits per heavy atom. The maximum atomic E-state index is 14.7. The van der Waals surface area contributed by atoms with Crippen molar-refractivity contribution in [2.45, 2.75) is 109 Å². The van der Waals surface area contributed by atoms with E-state index in [4.69, 9.17) is 21.1 Å². The number of benzene rings is 3. The zero-order valence-electron chi connectivity index (χ0n) is 41.3. The van der Waals surface area contributed by atoms with Crippen LogP contribution < -0.4 is 5.32 Å². The van der Waals surface area contributed by atoms with E-state index < -0.39 is 29.4 Å². The number of hydrogen-bond acceptors (Lipinski definition) is 9. The molecule has 1 N–H and O–H groups in total. The second-order valence-corrected chi connectivity index (χ2v) is 21.2. The van der Waals surface area contributed by atoms with Crippen molar-refractivity contribution in [3.8, 4) is 0 Å². The fraction of sp³-hybridized carbons (Fsp3) is 0.574. The van der Waals surface area contributed by atoms with Gasteiger partial charge in [-0.25, -0.2) is 13.6 Å². The summed E-state index contributed by atoms with van der Waals surface area (Å²) in [6.07, 6.45) is 7.66. The molecule has 0 spiro atoms. The van der Waals surface area contributed by atoms with E-state index in [-0.39, 0.29) is 60.1 Å². The maximum Gasteiger partial charge on any atom is 0.411 e. The molecule has 0 bridgehead atoms.